The fourth-order valence-corrected chi connectivity index (χ4v) is 1.02. The lowest BCUT2D eigenvalue weighted by molar-refractivity contribution is -0.117. The Morgan fingerprint density at radius 1 is 1.40 bits per heavy atom. The van der Waals surface area contributed by atoms with Crippen LogP contribution in [0, 0.1) is 0 Å². The first-order chi connectivity index (χ1) is 7.22. The van der Waals surface area contributed by atoms with Crippen molar-refractivity contribution in [2.45, 2.75) is 6.42 Å². The highest BCUT2D eigenvalue weighted by atomic mass is 16.1. The van der Waals surface area contributed by atoms with Crippen molar-refractivity contribution in [1.82, 2.24) is 0 Å². The van der Waals surface area contributed by atoms with E-state index in [1.54, 1.807) is 36.4 Å². The number of amides is 1. The Kier molecular flexibility index (Phi) is 4.01. The van der Waals surface area contributed by atoms with Crippen molar-refractivity contribution in [3.05, 3.63) is 35.9 Å². The van der Waals surface area contributed by atoms with E-state index < -0.39 is 0 Å². The first kappa shape index (κ1) is 10.9. The van der Waals surface area contributed by atoms with Gasteiger partial charge in [0, 0.05) is 6.42 Å². The molecule has 4 nitrogen and oxygen atoms in total. The molecule has 0 aliphatic carbocycles. The van der Waals surface area contributed by atoms with Gasteiger partial charge in [0.15, 0.2) is 0 Å². The predicted molar refractivity (Wildman–Crippen MR) is 57.1 cm³/mol. The summed E-state index contributed by atoms with van der Waals surface area (Å²) in [4.78, 5) is 23.8. The molecule has 1 amide bonds. The van der Waals surface area contributed by atoms with Crippen LogP contribution in [0.3, 0.4) is 0 Å². The number of rotatable bonds is 4. The number of benzene rings is 1. The SMILES string of the molecule is NC(=O)CC=Cc1ccc(N=C=O)cc1. The molecule has 0 aliphatic heterocycles. The third-order valence-corrected chi connectivity index (χ3v) is 1.70. The van der Waals surface area contributed by atoms with E-state index in [1.807, 2.05) is 0 Å². The maximum Gasteiger partial charge on any atom is 0.240 e. The molecular weight excluding hydrogens is 192 g/mol. The maximum atomic E-state index is 10.4. The van der Waals surface area contributed by atoms with E-state index in [0.717, 1.165) is 5.56 Å². The fraction of sp³-hybridized carbons (Fsp3) is 0.0909. The Bertz CT molecular complexity index is 415. The second-order valence-electron chi connectivity index (χ2n) is 2.87. The lowest BCUT2D eigenvalue weighted by Gasteiger charge is -1.93. The van der Waals surface area contributed by atoms with Gasteiger partial charge < -0.3 is 5.73 Å². The van der Waals surface area contributed by atoms with E-state index in [-0.39, 0.29) is 12.3 Å². The third kappa shape index (κ3) is 4.02. The van der Waals surface area contributed by atoms with E-state index in [9.17, 15) is 9.59 Å². The molecule has 1 aromatic carbocycles. The number of primary amides is 1. The molecule has 0 heterocycles. The molecule has 0 bridgehead atoms. The van der Waals surface area contributed by atoms with E-state index in [4.69, 9.17) is 5.73 Å². The molecule has 4 heteroatoms. The van der Waals surface area contributed by atoms with Gasteiger partial charge in [0.25, 0.3) is 0 Å². The van der Waals surface area contributed by atoms with Gasteiger partial charge >= 0.3 is 0 Å². The maximum absolute atomic E-state index is 10.4. The van der Waals surface area contributed by atoms with Gasteiger partial charge in [-0.1, -0.05) is 24.3 Å². The molecule has 0 fully saturated rings. The summed E-state index contributed by atoms with van der Waals surface area (Å²) in [6.45, 7) is 0. The second-order valence-corrected chi connectivity index (χ2v) is 2.87. The molecule has 0 aliphatic rings. The Labute approximate surface area is 87.1 Å². The summed E-state index contributed by atoms with van der Waals surface area (Å²) < 4.78 is 0. The van der Waals surface area contributed by atoms with E-state index in [2.05, 4.69) is 4.99 Å². The Morgan fingerprint density at radius 3 is 2.60 bits per heavy atom. The Balaban J connectivity index is 2.68. The summed E-state index contributed by atoms with van der Waals surface area (Å²) in [5, 5.41) is 0. The molecule has 0 unspecified atom stereocenters. The van der Waals surface area contributed by atoms with Gasteiger partial charge in [0.2, 0.25) is 12.0 Å². The molecule has 0 spiro atoms. The summed E-state index contributed by atoms with van der Waals surface area (Å²) in [5.74, 6) is -0.367. The fourth-order valence-electron chi connectivity index (χ4n) is 1.02. The van der Waals surface area contributed by atoms with Gasteiger partial charge in [-0.05, 0) is 17.7 Å². The predicted octanol–water partition coefficient (Wildman–Crippen LogP) is 1.54. The number of hydrogen-bond acceptors (Lipinski definition) is 3. The van der Waals surface area contributed by atoms with E-state index in [1.165, 1.54) is 6.08 Å². The number of aliphatic imine (C=N–C) groups is 1. The molecule has 2 N–H and O–H groups in total. The first-order valence-electron chi connectivity index (χ1n) is 4.35. The van der Waals surface area contributed by atoms with Gasteiger partial charge in [0.1, 0.15) is 0 Å². The van der Waals surface area contributed by atoms with Gasteiger partial charge in [-0.25, -0.2) is 4.79 Å². The van der Waals surface area contributed by atoms with Crippen LogP contribution in [0.15, 0.2) is 35.3 Å². The largest absolute Gasteiger partial charge is 0.369 e. The van der Waals surface area contributed by atoms with Gasteiger partial charge in [-0.3, -0.25) is 4.79 Å². The van der Waals surface area contributed by atoms with Crippen LogP contribution in [0.2, 0.25) is 0 Å². The van der Waals surface area contributed by atoms with Crippen molar-refractivity contribution in [2.24, 2.45) is 10.7 Å². The summed E-state index contributed by atoms with van der Waals surface area (Å²) in [6.07, 6.45) is 5.13. The zero-order chi connectivity index (χ0) is 11.1. The van der Waals surface area contributed by atoms with Crippen molar-refractivity contribution in [2.75, 3.05) is 0 Å². The van der Waals surface area contributed by atoms with Crippen LogP contribution in [0.1, 0.15) is 12.0 Å². The van der Waals surface area contributed by atoms with Crippen LogP contribution < -0.4 is 5.73 Å². The number of isocyanates is 1. The average Bonchev–Trinajstić information content (AvgIpc) is 2.20. The molecule has 15 heavy (non-hydrogen) atoms. The molecule has 0 saturated carbocycles. The normalized spacial score (nSPS) is 9.87. The smallest absolute Gasteiger partial charge is 0.240 e. The number of carbonyl (C=O) groups is 1. The highest BCUT2D eigenvalue weighted by Gasteiger charge is 1.90. The number of nitrogens with zero attached hydrogens (tertiary/aromatic N) is 1. The van der Waals surface area contributed by atoms with Crippen molar-refractivity contribution in [3.63, 3.8) is 0 Å². The number of nitrogens with two attached hydrogens (primary N) is 1. The molecule has 0 atom stereocenters. The van der Waals surface area contributed by atoms with Crippen LogP contribution >= 0.6 is 0 Å². The molecule has 1 aromatic rings. The molecular formula is C11H10N2O2. The topological polar surface area (TPSA) is 72.5 Å². The minimum absolute atomic E-state index is 0.217. The number of carbonyl (C=O) groups excluding carboxylic acids is 2. The summed E-state index contributed by atoms with van der Waals surface area (Å²) in [7, 11) is 0. The molecule has 0 aromatic heterocycles. The van der Waals surface area contributed by atoms with Crippen molar-refractivity contribution in [1.29, 1.82) is 0 Å². The molecule has 0 radical (unpaired) electrons. The Morgan fingerprint density at radius 2 is 2.07 bits per heavy atom. The lowest BCUT2D eigenvalue weighted by Crippen LogP contribution is -2.07. The van der Waals surface area contributed by atoms with Crippen LogP contribution in [-0.4, -0.2) is 12.0 Å². The monoisotopic (exact) mass is 202 g/mol. The quantitative estimate of drug-likeness (QED) is 0.594. The molecule has 1 rings (SSSR count). The van der Waals surface area contributed by atoms with Crippen LogP contribution in [0.25, 0.3) is 6.08 Å². The minimum atomic E-state index is -0.367. The van der Waals surface area contributed by atoms with Crippen molar-refractivity contribution < 1.29 is 9.59 Å². The minimum Gasteiger partial charge on any atom is -0.369 e. The Hall–Kier alpha value is -2.19. The van der Waals surface area contributed by atoms with Crippen molar-refractivity contribution >= 4 is 23.8 Å². The average molecular weight is 202 g/mol. The number of hydrogen-bond donors (Lipinski definition) is 1. The zero-order valence-corrected chi connectivity index (χ0v) is 8.01. The van der Waals surface area contributed by atoms with Gasteiger partial charge in [-0.15, -0.1) is 0 Å². The van der Waals surface area contributed by atoms with E-state index in [0.29, 0.717) is 5.69 Å². The standard InChI is InChI=1S/C11H10N2O2/c12-11(15)3-1-2-9-4-6-10(7-5-9)13-8-14/h1-2,4-7H,3H2,(H2,12,15). The van der Waals surface area contributed by atoms with Crippen LogP contribution in [0.4, 0.5) is 5.69 Å². The zero-order valence-electron chi connectivity index (χ0n) is 8.01. The van der Waals surface area contributed by atoms with Gasteiger partial charge in [0.05, 0.1) is 5.69 Å². The van der Waals surface area contributed by atoms with Crippen molar-refractivity contribution in [3.8, 4) is 0 Å². The third-order valence-electron chi connectivity index (χ3n) is 1.70. The van der Waals surface area contributed by atoms with Gasteiger partial charge in [-0.2, -0.15) is 4.99 Å². The second kappa shape index (κ2) is 5.52. The highest BCUT2D eigenvalue weighted by Crippen LogP contribution is 2.13. The first-order valence-corrected chi connectivity index (χ1v) is 4.35. The molecule has 0 saturated heterocycles. The lowest BCUT2D eigenvalue weighted by atomic mass is 10.2. The van der Waals surface area contributed by atoms with Crippen LogP contribution in [-0.2, 0) is 9.59 Å². The van der Waals surface area contributed by atoms with Crippen LogP contribution in [0.5, 0.6) is 0 Å². The summed E-state index contributed by atoms with van der Waals surface area (Å²) in [5.41, 5.74) is 6.44. The summed E-state index contributed by atoms with van der Waals surface area (Å²) >= 11 is 0. The highest BCUT2D eigenvalue weighted by molar-refractivity contribution is 5.76. The molecule has 76 valence electrons. The van der Waals surface area contributed by atoms with E-state index >= 15 is 0 Å². The summed E-state index contributed by atoms with van der Waals surface area (Å²) in [6, 6.07) is 6.95.